The molecule has 0 N–H and O–H groups in total. The fourth-order valence-corrected chi connectivity index (χ4v) is 3.81. The summed E-state index contributed by atoms with van der Waals surface area (Å²) < 4.78 is 22.2. The Bertz CT molecular complexity index is 1340. The minimum atomic E-state index is -0.522. The number of benzene rings is 2. The standard InChI is InChI=1S/C25H20Cl2FN3O2/c1-15-9-16(3-6-21(15)26)10-19(32)11-17-4-5-20(12-22(17)28)33-23-7-8-29-25(24(23)27)18-13-30-31(2)14-18/h3-9,12-14H,10-11H2,1-2H3. The molecular weight excluding hydrogens is 464 g/mol. The molecule has 0 bridgehead atoms. The van der Waals surface area contributed by atoms with Crippen LogP contribution in [0.1, 0.15) is 16.7 Å². The van der Waals surface area contributed by atoms with Crippen molar-refractivity contribution in [2.45, 2.75) is 19.8 Å². The fourth-order valence-electron chi connectivity index (χ4n) is 3.43. The highest BCUT2D eigenvalue weighted by atomic mass is 35.5. The Hall–Kier alpha value is -3.22. The number of ketones is 1. The van der Waals surface area contributed by atoms with Crippen molar-refractivity contribution in [1.29, 1.82) is 0 Å². The third-order valence-electron chi connectivity index (χ3n) is 5.10. The van der Waals surface area contributed by atoms with Gasteiger partial charge in [-0.25, -0.2) is 4.39 Å². The molecule has 0 aliphatic rings. The van der Waals surface area contributed by atoms with Crippen LogP contribution in [0.2, 0.25) is 10.0 Å². The Morgan fingerprint density at radius 2 is 1.94 bits per heavy atom. The average Bonchev–Trinajstić information content (AvgIpc) is 3.20. The summed E-state index contributed by atoms with van der Waals surface area (Å²) in [6.07, 6.45) is 5.18. The van der Waals surface area contributed by atoms with E-state index in [1.807, 2.05) is 13.0 Å². The van der Waals surface area contributed by atoms with Gasteiger partial charge in [-0.15, -0.1) is 0 Å². The number of pyridine rings is 1. The van der Waals surface area contributed by atoms with Crippen LogP contribution in [-0.4, -0.2) is 20.5 Å². The number of rotatable bonds is 7. The average molecular weight is 484 g/mol. The van der Waals surface area contributed by atoms with Crippen LogP contribution in [0, 0.1) is 12.7 Å². The van der Waals surface area contributed by atoms with Gasteiger partial charge in [-0.3, -0.25) is 14.5 Å². The second kappa shape index (κ2) is 9.73. The number of hydrogen-bond acceptors (Lipinski definition) is 4. The first-order valence-corrected chi connectivity index (χ1v) is 10.9. The predicted octanol–water partition coefficient (Wildman–Crippen LogP) is 6.38. The fraction of sp³-hybridized carbons (Fsp3) is 0.160. The Labute approximate surface area is 200 Å². The lowest BCUT2D eigenvalue weighted by Crippen LogP contribution is -2.08. The zero-order valence-corrected chi connectivity index (χ0v) is 19.5. The third-order valence-corrected chi connectivity index (χ3v) is 5.89. The molecule has 0 amide bonds. The molecule has 0 unspecified atom stereocenters. The Morgan fingerprint density at radius 1 is 1.12 bits per heavy atom. The number of nitrogens with zero attached hydrogens (tertiary/aromatic N) is 3. The quantitative estimate of drug-likeness (QED) is 0.305. The van der Waals surface area contributed by atoms with Crippen LogP contribution in [0.4, 0.5) is 4.39 Å². The van der Waals surface area contributed by atoms with Gasteiger partial charge in [-0.05, 0) is 35.7 Å². The number of ether oxygens (including phenoxy) is 1. The van der Waals surface area contributed by atoms with Crippen molar-refractivity contribution in [1.82, 2.24) is 14.8 Å². The SMILES string of the molecule is Cc1cc(CC(=O)Cc2ccc(Oc3ccnc(-c4cnn(C)c4)c3Cl)cc2F)ccc1Cl. The van der Waals surface area contributed by atoms with Crippen LogP contribution >= 0.6 is 23.2 Å². The van der Waals surface area contributed by atoms with Gasteiger partial charge in [0.05, 0.1) is 11.9 Å². The van der Waals surface area contributed by atoms with Crippen molar-refractivity contribution in [3.8, 4) is 22.8 Å². The normalized spacial score (nSPS) is 10.9. The molecule has 168 valence electrons. The molecule has 0 fully saturated rings. The van der Waals surface area contributed by atoms with Crippen molar-refractivity contribution >= 4 is 29.0 Å². The number of hydrogen-bond donors (Lipinski definition) is 0. The van der Waals surface area contributed by atoms with E-state index in [0.717, 1.165) is 16.7 Å². The maximum atomic E-state index is 14.7. The summed E-state index contributed by atoms with van der Waals surface area (Å²) in [4.78, 5) is 16.8. The molecule has 0 saturated heterocycles. The number of halogens is 3. The molecule has 8 heteroatoms. The van der Waals surface area contributed by atoms with Gasteiger partial charge in [0, 0.05) is 55.0 Å². The van der Waals surface area contributed by atoms with Crippen LogP contribution in [0.25, 0.3) is 11.3 Å². The van der Waals surface area contributed by atoms with Crippen LogP contribution < -0.4 is 4.74 Å². The van der Waals surface area contributed by atoms with Crippen LogP contribution in [0.5, 0.6) is 11.5 Å². The lowest BCUT2D eigenvalue weighted by atomic mass is 10.0. The van der Waals surface area contributed by atoms with Crippen molar-refractivity contribution < 1.29 is 13.9 Å². The highest BCUT2D eigenvalue weighted by molar-refractivity contribution is 6.34. The minimum Gasteiger partial charge on any atom is -0.456 e. The lowest BCUT2D eigenvalue weighted by Gasteiger charge is -2.11. The first-order chi connectivity index (χ1) is 15.8. The molecule has 2 aromatic carbocycles. The van der Waals surface area contributed by atoms with E-state index in [4.69, 9.17) is 27.9 Å². The smallest absolute Gasteiger partial charge is 0.149 e. The van der Waals surface area contributed by atoms with E-state index in [-0.39, 0.29) is 24.4 Å². The molecule has 5 nitrogen and oxygen atoms in total. The van der Waals surface area contributed by atoms with E-state index < -0.39 is 5.82 Å². The summed E-state index contributed by atoms with van der Waals surface area (Å²) in [5, 5.41) is 5.06. The van der Waals surface area contributed by atoms with Crippen molar-refractivity contribution in [3.63, 3.8) is 0 Å². The zero-order chi connectivity index (χ0) is 23.5. The summed E-state index contributed by atoms with van der Waals surface area (Å²) in [7, 11) is 1.79. The molecule has 0 aliphatic carbocycles. The second-order valence-corrected chi connectivity index (χ2v) is 8.49. The molecule has 33 heavy (non-hydrogen) atoms. The molecule has 0 spiro atoms. The summed E-state index contributed by atoms with van der Waals surface area (Å²) in [5.74, 6) is -0.0116. The van der Waals surface area contributed by atoms with Gasteiger partial charge in [0.15, 0.2) is 0 Å². The molecule has 4 rings (SSSR count). The number of carbonyl (C=O) groups is 1. The highest BCUT2D eigenvalue weighted by Gasteiger charge is 2.15. The number of Topliss-reactive ketones (excluding diaryl/α,β-unsaturated/α-hetero) is 1. The van der Waals surface area contributed by atoms with Crippen molar-refractivity contribution in [3.05, 3.63) is 93.6 Å². The molecule has 4 aromatic rings. The second-order valence-electron chi connectivity index (χ2n) is 7.71. The van der Waals surface area contributed by atoms with E-state index in [1.165, 1.54) is 6.07 Å². The van der Waals surface area contributed by atoms with Gasteiger partial charge in [0.1, 0.15) is 28.1 Å². The van der Waals surface area contributed by atoms with Gasteiger partial charge in [0.25, 0.3) is 0 Å². The number of aryl methyl sites for hydroxylation is 2. The highest BCUT2D eigenvalue weighted by Crippen LogP contribution is 2.36. The lowest BCUT2D eigenvalue weighted by molar-refractivity contribution is -0.117. The zero-order valence-electron chi connectivity index (χ0n) is 18.0. The molecular formula is C25H20Cl2FN3O2. The topological polar surface area (TPSA) is 57.0 Å². The van der Waals surface area contributed by atoms with Gasteiger partial charge in [-0.1, -0.05) is 41.4 Å². The monoisotopic (exact) mass is 483 g/mol. The van der Waals surface area contributed by atoms with Crippen LogP contribution in [-0.2, 0) is 24.7 Å². The maximum Gasteiger partial charge on any atom is 0.149 e. The van der Waals surface area contributed by atoms with E-state index in [9.17, 15) is 9.18 Å². The van der Waals surface area contributed by atoms with Crippen molar-refractivity contribution in [2.24, 2.45) is 7.05 Å². The van der Waals surface area contributed by atoms with E-state index in [2.05, 4.69) is 10.1 Å². The molecule has 0 radical (unpaired) electrons. The van der Waals surface area contributed by atoms with Gasteiger partial charge in [-0.2, -0.15) is 5.10 Å². The molecule has 2 heterocycles. The van der Waals surface area contributed by atoms with E-state index in [1.54, 1.807) is 60.7 Å². The Kier molecular flexibility index (Phi) is 6.77. The minimum absolute atomic E-state index is 0.0189. The first-order valence-electron chi connectivity index (χ1n) is 10.2. The summed E-state index contributed by atoms with van der Waals surface area (Å²) in [5.41, 5.74) is 3.30. The van der Waals surface area contributed by atoms with E-state index >= 15 is 0 Å². The predicted molar refractivity (Wildman–Crippen MR) is 127 cm³/mol. The summed E-state index contributed by atoms with van der Waals surface area (Å²) in [6.45, 7) is 1.88. The molecule has 0 saturated carbocycles. The number of aromatic nitrogens is 3. The molecule has 0 aliphatic heterocycles. The van der Waals surface area contributed by atoms with Gasteiger partial charge >= 0.3 is 0 Å². The molecule has 0 atom stereocenters. The summed E-state index contributed by atoms with van der Waals surface area (Å²) in [6, 6.07) is 11.4. The maximum absolute atomic E-state index is 14.7. The first kappa shape index (κ1) is 23.0. The Morgan fingerprint density at radius 3 is 2.64 bits per heavy atom. The Balaban J connectivity index is 1.47. The van der Waals surface area contributed by atoms with Gasteiger partial charge in [0.2, 0.25) is 0 Å². The number of carbonyl (C=O) groups excluding carboxylic acids is 1. The van der Waals surface area contributed by atoms with Crippen LogP contribution in [0.15, 0.2) is 61.1 Å². The van der Waals surface area contributed by atoms with Crippen LogP contribution in [0.3, 0.4) is 0 Å². The summed E-state index contributed by atoms with van der Waals surface area (Å²) >= 11 is 12.5. The third kappa shape index (κ3) is 5.41. The van der Waals surface area contributed by atoms with E-state index in [0.29, 0.717) is 27.1 Å². The largest absolute Gasteiger partial charge is 0.456 e. The van der Waals surface area contributed by atoms with Crippen molar-refractivity contribution in [2.75, 3.05) is 0 Å². The van der Waals surface area contributed by atoms with Gasteiger partial charge < -0.3 is 4.74 Å². The molecule has 2 aromatic heterocycles.